The highest BCUT2D eigenvalue weighted by atomic mass is 19.1. The van der Waals surface area contributed by atoms with Gasteiger partial charge in [0.05, 0.1) is 0 Å². The quantitative estimate of drug-likeness (QED) is 0.610. The van der Waals surface area contributed by atoms with Gasteiger partial charge in [0.1, 0.15) is 5.78 Å². The zero-order valence-corrected chi connectivity index (χ0v) is 14.7. The Labute approximate surface area is 142 Å². The van der Waals surface area contributed by atoms with Crippen LogP contribution in [0.5, 0.6) is 0 Å². The average Bonchev–Trinajstić information content (AvgIpc) is 2.84. The molecule has 0 bridgehead atoms. The van der Waals surface area contributed by atoms with Crippen LogP contribution in [0.2, 0.25) is 0 Å². The molecule has 6 atom stereocenters. The van der Waals surface area contributed by atoms with E-state index in [1.54, 1.807) is 0 Å². The molecule has 24 heavy (non-hydrogen) atoms. The maximum absolute atomic E-state index is 14.7. The fourth-order valence-corrected chi connectivity index (χ4v) is 6.34. The molecule has 0 amide bonds. The van der Waals surface area contributed by atoms with Crippen molar-refractivity contribution < 1.29 is 14.0 Å². The van der Waals surface area contributed by atoms with Gasteiger partial charge >= 0.3 is 0 Å². The molecule has 1 unspecified atom stereocenters. The van der Waals surface area contributed by atoms with Crippen molar-refractivity contribution in [2.24, 2.45) is 34.5 Å². The predicted octanol–water partition coefficient (Wildman–Crippen LogP) is 4.57. The number of rotatable bonds is 0. The highest BCUT2D eigenvalue weighted by Crippen LogP contribution is 2.66. The number of carbonyl (C=O) groups is 2. The summed E-state index contributed by atoms with van der Waals surface area (Å²) in [7, 11) is 0. The molecular weight excluding hydrogens is 303 g/mol. The fourth-order valence-electron chi connectivity index (χ4n) is 6.34. The van der Waals surface area contributed by atoms with Crippen molar-refractivity contribution in [3.8, 4) is 0 Å². The maximum Gasteiger partial charge on any atom is 0.213 e. The van der Waals surface area contributed by atoms with E-state index in [4.69, 9.17) is 0 Å². The van der Waals surface area contributed by atoms with Crippen LogP contribution < -0.4 is 0 Å². The molecule has 0 N–H and O–H groups in total. The topological polar surface area (TPSA) is 34.1 Å². The average molecular weight is 328 g/mol. The second-order valence-corrected chi connectivity index (χ2v) is 8.66. The van der Waals surface area contributed by atoms with Crippen LogP contribution in [-0.4, -0.2) is 11.6 Å². The third-order valence-electron chi connectivity index (χ3n) is 7.78. The minimum absolute atomic E-state index is 0.150. The van der Waals surface area contributed by atoms with Crippen LogP contribution in [0.4, 0.5) is 4.39 Å². The van der Waals surface area contributed by atoms with Crippen molar-refractivity contribution in [3.63, 3.8) is 0 Å². The Morgan fingerprint density at radius 2 is 1.92 bits per heavy atom. The van der Waals surface area contributed by atoms with Crippen molar-refractivity contribution in [2.45, 2.75) is 46.5 Å². The first-order valence-corrected chi connectivity index (χ1v) is 9.07. The van der Waals surface area contributed by atoms with Crippen LogP contribution in [0.15, 0.2) is 35.7 Å². The Morgan fingerprint density at radius 3 is 2.62 bits per heavy atom. The number of carbonyl (C=O) groups excluding carboxylic acids is 2. The Balaban J connectivity index is 1.86. The van der Waals surface area contributed by atoms with Crippen LogP contribution in [0.3, 0.4) is 0 Å². The lowest BCUT2D eigenvalue weighted by atomic mass is 9.45. The molecule has 4 aliphatic carbocycles. The predicted molar refractivity (Wildman–Crippen MR) is 90.7 cm³/mol. The van der Waals surface area contributed by atoms with Gasteiger partial charge in [-0.3, -0.25) is 9.59 Å². The molecule has 4 rings (SSSR count). The summed E-state index contributed by atoms with van der Waals surface area (Å²) in [5.74, 6) is -0.0760. The smallest absolute Gasteiger partial charge is 0.213 e. The molecule has 3 heteroatoms. The van der Waals surface area contributed by atoms with Crippen molar-refractivity contribution in [1.29, 1.82) is 0 Å². The van der Waals surface area contributed by atoms with Crippen molar-refractivity contribution in [3.05, 3.63) is 35.7 Å². The van der Waals surface area contributed by atoms with E-state index in [0.29, 0.717) is 23.7 Å². The number of hydrogen-bond acceptors (Lipinski definition) is 2. The zero-order valence-electron chi connectivity index (χ0n) is 14.7. The zero-order chi connectivity index (χ0) is 17.4. The monoisotopic (exact) mass is 328 g/mol. The van der Waals surface area contributed by atoms with Gasteiger partial charge in [0, 0.05) is 23.2 Å². The second-order valence-electron chi connectivity index (χ2n) is 8.66. The molecule has 0 aromatic heterocycles. The fraction of sp³-hybridized carbons (Fsp3) is 0.619. The Hall–Kier alpha value is -1.51. The number of halogens is 1. The van der Waals surface area contributed by atoms with Gasteiger partial charge in [-0.25, -0.2) is 4.39 Å². The number of ketones is 2. The molecule has 0 spiro atoms. The third-order valence-corrected chi connectivity index (χ3v) is 7.78. The Bertz CT molecular complexity index is 730. The number of hydrogen-bond donors (Lipinski definition) is 0. The largest absolute Gasteiger partial charge is 0.299 e. The summed E-state index contributed by atoms with van der Waals surface area (Å²) in [4.78, 5) is 24.4. The van der Waals surface area contributed by atoms with E-state index in [1.807, 2.05) is 13.0 Å². The molecule has 2 nitrogen and oxygen atoms in total. The van der Waals surface area contributed by atoms with E-state index in [2.05, 4.69) is 20.4 Å². The molecule has 0 aromatic rings. The highest BCUT2D eigenvalue weighted by Gasteiger charge is 2.61. The van der Waals surface area contributed by atoms with E-state index in [-0.39, 0.29) is 23.2 Å². The summed E-state index contributed by atoms with van der Waals surface area (Å²) in [6.07, 6.45) is 6.67. The Kier molecular flexibility index (Phi) is 3.18. The van der Waals surface area contributed by atoms with Crippen LogP contribution in [0, 0.1) is 34.5 Å². The number of Topliss-reactive ketones (excluding diaryl/α,β-unsaturated/α-hetero) is 1. The van der Waals surface area contributed by atoms with E-state index in [0.717, 1.165) is 24.8 Å². The highest BCUT2D eigenvalue weighted by molar-refractivity contribution is 6.04. The summed E-state index contributed by atoms with van der Waals surface area (Å²) >= 11 is 0. The molecule has 3 fully saturated rings. The molecule has 4 aliphatic rings. The lowest BCUT2D eigenvalue weighted by Gasteiger charge is -2.58. The summed E-state index contributed by atoms with van der Waals surface area (Å²) in [5, 5.41) is 0. The van der Waals surface area contributed by atoms with Gasteiger partial charge in [-0.1, -0.05) is 39.0 Å². The molecule has 0 aromatic carbocycles. The Morgan fingerprint density at radius 1 is 1.21 bits per heavy atom. The molecule has 128 valence electrons. The summed E-state index contributed by atoms with van der Waals surface area (Å²) < 4.78 is 14.7. The summed E-state index contributed by atoms with van der Waals surface area (Å²) in [6, 6.07) is 0. The van der Waals surface area contributed by atoms with Crippen molar-refractivity contribution in [2.75, 3.05) is 0 Å². The minimum atomic E-state index is -0.581. The van der Waals surface area contributed by atoms with Crippen LogP contribution >= 0.6 is 0 Å². The van der Waals surface area contributed by atoms with E-state index >= 15 is 0 Å². The summed E-state index contributed by atoms with van der Waals surface area (Å²) in [6.45, 7) is 10.5. The van der Waals surface area contributed by atoms with Gasteiger partial charge in [-0.05, 0) is 48.7 Å². The normalized spacial score (nSPS) is 47.6. The maximum atomic E-state index is 14.7. The second kappa shape index (κ2) is 4.77. The van der Waals surface area contributed by atoms with Gasteiger partial charge in [0.25, 0.3) is 0 Å². The molecule has 0 radical (unpaired) electrons. The van der Waals surface area contributed by atoms with Crippen molar-refractivity contribution in [1.82, 2.24) is 0 Å². The van der Waals surface area contributed by atoms with Crippen LogP contribution in [-0.2, 0) is 9.59 Å². The minimum Gasteiger partial charge on any atom is -0.299 e. The molecule has 0 saturated heterocycles. The molecule has 0 heterocycles. The van der Waals surface area contributed by atoms with Gasteiger partial charge in [-0.2, -0.15) is 0 Å². The van der Waals surface area contributed by atoms with E-state index in [1.165, 1.54) is 6.08 Å². The molecule has 3 saturated carbocycles. The van der Waals surface area contributed by atoms with Gasteiger partial charge in [-0.15, -0.1) is 0 Å². The first-order valence-electron chi connectivity index (χ1n) is 9.07. The van der Waals surface area contributed by atoms with E-state index < -0.39 is 17.0 Å². The summed E-state index contributed by atoms with van der Waals surface area (Å²) in [5.41, 5.74) is 0.968. The molecular formula is C21H25FO2. The first-order chi connectivity index (χ1) is 11.2. The van der Waals surface area contributed by atoms with Crippen LogP contribution in [0.1, 0.15) is 46.5 Å². The lowest BCUT2D eigenvalue weighted by Crippen LogP contribution is -2.52. The van der Waals surface area contributed by atoms with Gasteiger partial charge in [0.15, 0.2) is 5.83 Å². The first kappa shape index (κ1) is 16.0. The SMILES string of the molecule is C=C1C(C)C2=C(F)C(=O)C=C[C@]2(C)[C@H]2CC[C@]3(C)C(=O)CC[C@H]3[C@H]12. The lowest BCUT2D eigenvalue weighted by molar-refractivity contribution is -0.130. The van der Waals surface area contributed by atoms with Gasteiger partial charge < -0.3 is 0 Å². The number of fused-ring (bicyclic) bond motifs is 5. The number of allylic oxidation sites excluding steroid dienone is 5. The van der Waals surface area contributed by atoms with Crippen LogP contribution in [0.25, 0.3) is 0 Å². The van der Waals surface area contributed by atoms with Crippen molar-refractivity contribution >= 4 is 11.6 Å². The standard InChI is InChI=1S/C21H25FO2/c1-11-12(2)18-19(22)15(23)8-10-21(18,4)14-7-9-20(3)13(17(11)14)5-6-16(20)24/h8,10,12-14,17H,1,5-7,9H2,2-4H3/t12?,13-,14-,17-,20-,21+/m0/s1. The van der Waals surface area contributed by atoms with E-state index in [9.17, 15) is 14.0 Å². The molecule has 0 aliphatic heterocycles. The third kappa shape index (κ3) is 1.71. The van der Waals surface area contributed by atoms with Gasteiger partial charge in [0.2, 0.25) is 5.78 Å².